The quantitative estimate of drug-likeness (QED) is 0.462. The third-order valence-electron chi connectivity index (χ3n) is 5.72. The molecule has 3 aromatic carbocycles. The molecule has 0 radical (unpaired) electrons. The highest BCUT2D eigenvalue weighted by molar-refractivity contribution is 7.16. The average molecular weight is 449 g/mol. The van der Waals surface area contributed by atoms with Gasteiger partial charge in [0.2, 0.25) is 0 Å². The fourth-order valence-electron chi connectivity index (χ4n) is 4.08. The molecule has 7 heteroatoms. The number of nitrogens with zero attached hydrogens (tertiary/aromatic N) is 1. The minimum Gasteiger partial charge on any atom is -0.479 e. The highest BCUT2D eigenvalue weighted by Crippen LogP contribution is 2.34. The number of fused-ring (bicyclic) bond motifs is 2. The molecule has 31 heavy (non-hydrogen) atoms. The predicted octanol–water partition coefficient (Wildman–Crippen LogP) is 4.97. The van der Waals surface area contributed by atoms with E-state index in [2.05, 4.69) is 10.3 Å². The minimum atomic E-state index is -1.37. The monoisotopic (exact) mass is 448 g/mol. The maximum absolute atomic E-state index is 12.9. The van der Waals surface area contributed by atoms with Crippen molar-refractivity contribution in [1.82, 2.24) is 10.3 Å². The van der Waals surface area contributed by atoms with Gasteiger partial charge in [-0.25, -0.2) is 9.78 Å². The summed E-state index contributed by atoms with van der Waals surface area (Å²) in [6.45, 7) is 0. The van der Waals surface area contributed by atoms with E-state index in [9.17, 15) is 14.7 Å². The summed E-state index contributed by atoms with van der Waals surface area (Å²) in [5.41, 5.74) is 5.43. The van der Waals surface area contributed by atoms with Crippen LogP contribution in [0.2, 0.25) is 5.02 Å². The van der Waals surface area contributed by atoms with Gasteiger partial charge in [-0.15, -0.1) is 11.3 Å². The fourth-order valence-corrected chi connectivity index (χ4v) is 4.92. The van der Waals surface area contributed by atoms with E-state index in [0.717, 1.165) is 32.5 Å². The summed E-state index contributed by atoms with van der Waals surface area (Å²) in [6, 6.07) is 18.6. The van der Waals surface area contributed by atoms with Gasteiger partial charge in [0.1, 0.15) is 5.54 Å². The lowest BCUT2D eigenvalue weighted by molar-refractivity contribution is -0.144. The molecule has 5 nitrogen and oxygen atoms in total. The first kappa shape index (κ1) is 19.7. The number of amides is 1. The number of aromatic nitrogens is 1. The summed E-state index contributed by atoms with van der Waals surface area (Å²) < 4.78 is 0.888. The van der Waals surface area contributed by atoms with Crippen LogP contribution in [0.5, 0.6) is 0 Å². The van der Waals surface area contributed by atoms with Gasteiger partial charge >= 0.3 is 5.97 Å². The Balaban J connectivity index is 1.43. The molecule has 154 valence electrons. The van der Waals surface area contributed by atoms with Crippen LogP contribution >= 0.6 is 22.9 Å². The lowest BCUT2D eigenvalue weighted by Crippen LogP contribution is -2.55. The summed E-state index contributed by atoms with van der Waals surface area (Å²) in [4.78, 5) is 29.4. The van der Waals surface area contributed by atoms with Gasteiger partial charge in [-0.2, -0.15) is 0 Å². The number of hydrogen-bond acceptors (Lipinski definition) is 4. The fraction of sp³-hybridized carbons (Fsp3) is 0.125. The zero-order chi connectivity index (χ0) is 21.6. The number of carboxylic acids is 1. The van der Waals surface area contributed by atoms with Crippen molar-refractivity contribution in [2.24, 2.45) is 0 Å². The van der Waals surface area contributed by atoms with E-state index < -0.39 is 17.4 Å². The van der Waals surface area contributed by atoms with E-state index >= 15 is 0 Å². The molecule has 4 aromatic rings. The maximum Gasteiger partial charge on any atom is 0.330 e. The maximum atomic E-state index is 12.9. The zero-order valence-corrected chi connectivity index (χ0v) is 17.8. The molecule has 1 unspecified atom stereocenters. The van der Waals surface area contributed by atoms with Gasteiger partial charge in [0, 0.05) is 23.4 Å². The van der Waals surface area contributed by atoms with Crippen LogP contribution in [0.1, 0.15) is 21.5 Å². The van der Waals surface area contributed by atoms with Gasteiger partial charge in [0.25, 0.3) is 5.91 Å². The molecule has 1 amide bonds. The van der Waals surface area contributed by atoms with E-state index in [1.807, 2.05) is 42.5 Å². The molecule has 2 N–H and O–H groups in total. The number of thiazole rings is 1. The van der Waals surface area contributed by atoms with Crippen LogP contribution in [0.3, 0.4) is 0 Å². The Bertz CT molecular complexity index is 1330. The van der Waals surface area contributed by atoms with Crippen LogP contribution in [-0.4, -0.2) is 27.5 Å². The Morgan fingerprint density at radius 2 is 1.71 bits per heavy atom. The van der Waals surface area contributed by atoms with Crippen molar-refractivity contribution in [3.63, 3.8) is 0 Å². The zero-order valence-electron chi connectivity index (χ0n) is 16.3. The van der Waals surface area contributed by atoms with Crippen molar-refractivity contribution in [2.75, 3.05) is 0 Å². The molecule has 0 saturated heterocycles. The topological polar surface area (TPSA) is 79.3 Å². The Kier molecular flexibility index (Phi) is 4.76. The van der Waals surface area contributed by atoms with Crippen molar-refractivity contribution in [2.45, 2.75) is 18.4 Å². The van der Waals surface area contributed by atoms with E-state index in [-0.39, 0.29) is 12.8 Å². The first-order valence-electron chi connectivity index (χ1n) is 9.70. The number of rotatable bonds is 4. The van der Waals surface area contributed by atoms with Gasteiger partial charge in [-0.3, -0.25) is 4.79 Å². The van der Waals surface area contributed by atoms with Gasteiger partial charge < -0.3 is 10.4 Å². The molecule has 1 heterocycles. The summed E-state index contributed by atoms with van der Waals surface area (Å²) in [6.07, 6.45) is 0.473. The number of hydrogen-bond donors (Lipinski definition) is 2. The minimum absolute atomic E-state index is 0.230. The summed E-state index contributed by atoms with van der Waals surface area (Å²) in [5, 5.41) is 13.5. The lowest BCUT2D eigenvalue weighted by Gasteiger charge is -2.25. The third-order valence-corrected chi connectivity index (χ3v) is 6.77. The molecule has 0 bridgehead atoms. The van der Waals surface area contributed by atoms with Gasteiger partial charge in [-0.05, 0) is 52.6 Å². The molecule has 0 fully saturated rings. The lowest BCUT2D eigenvalue weighted by atomic mass is 9.95. The molecule has 1 aliphatic carbocycles. The largest absolute Gasteiger partial charge is 0.479 e. The number of nitrogens with one attached hydrogen (secondary N) is 1. The smallest absolute Gasteiger partial charge is 0.330 e. The van der Waals surface area contributed by atoms with E-state index in [0.29, 0.717) is 10.6 Å². The Morgan fingerprint density at radius 3 is 2.48 bits per heavy atom. The van der Waals surface area contributed by atoms with Crippen molar-refractivity contribution in [3.8, 4) is 11.1 Å². The number of aliphatic carboxylic acids is 1. The molecular formula is C24H17ClN2O3S. The van der Waals surface area contributed by atoms with Gasteiger partial charge in [-0.1, -0.05) is 41.9 Å². The molecule has 1 atom stereocenters. The molecule has 1 aromatic heterocycles. The molecule has 0 saturated carbocycles. The second-order valence-electron chi connectivity index (χ2n) is 7.72. The van der Waals surface area contributed by atoms with Crippen molar-refractivity contribution < 1.29 is 14.7 Å². The van der Waals surface area contributed by atoms with Crippen molar-refractivity contribution in [1.29, 1.82) is 0 Å². The van der Waals surface area contributed by atoms with Gasteiger partial charge in [0.05, 0.1) is 15.7 Å². The van der Waals surface area contributed by atoms with Gasteiger partial charge in [0.15, 0.2) is 0 Å². The average Bonchev–Trinajstić information content (AvgIpc) is 3.37. The Labute approximate surface area is 187 Å². The number of halogens is 1. The number of carbonyl (C=O) groups excluding carboxylic acids is 1. The number of carboxylic acid groups (broad SMARTS) is 1. The summed E-state index contributed by atoms with van der Waals surface area (Å²) in [7, 11) is 0. The predicted molar refractivity (Wildman–Crippen MR) is 122 cm³/mol. The molecule has 1 aliphatic rings. The normalized spacial score (nSPS) is 17.5. The highest BCUT2D eigenvalue weighted by atomic mass is 35.5. The van der Waals surface area contributed by atoms with Crippen molar-refractivity contribution >= 4 is 45.0 Å². The molecular weight excluding hydrogens is 432 g/mol. The molecule has 0 spiro atoms. The first-order chi connectivity index (χ1) is 14.9. The summed E-state index contributed by atoms with van der Waals surface area (Å²) >= 11 is 7.42. The Morgan fingerprint density at radius 1 is 0.968 bits per heavy atom. The van der Waals surface area contributed by atoms with Crippen molar-refractivity contribution in [3.05, 3.63) is 87.9 Å². The second kappa shape index (κ2) is 7.48. The number of benzene rings is 3. The van der Waals surface area contributed by atoms with Crippen LogP contribution in [0.4, 0.5) is 0 Å². The van der Waals surface area contributed by atoms with E-state index in [1.165, 1.54) is 11.3 Å². The van der Waals surface area contributed by atoms with Crippen LogP contribution < -0.4 is 5.32 Å². The second-order valence-corrected chi connectivity index (χ2v) is 9.04. The third kappa shape index (κ3) is 3.58. The molecule has 5 rings (SSSR count). The van der Waals surface area contributed by atoms with Crippen LogP contribution in [0.25, 0.3) is 21.3 Å². The van der Waals surface area contributed by atoms with Crippen LogP contribution in [-0.2, 0) is 17.6 Å². The highest BCUT2D eigenvalue weighted by Gasteiger charge is 2.45. The molecule has 0 aliphatic heterocycles. The van der Waals surface area contributed by atoms with Crippen LogP contribution in [0.15, 0.2) is 66.2 Å². The van der Waals surface area contributed by atoms with Crippen LogP contribution in [0, 0.1) is 0 Å². The standard InChI is InChI=1S/C24H17ClN2O3S/c25-19-6-3-14(4-7-19)15-1-2-17-11-24(23(29)30,12-18(17)9-15)27-22(28)16-5-8-20-21(10-16)31-13-26-20/h1-10,13H,11-12H2,(H,27,28)(H,29,30). The number of carbonyl (C=O) groups is 2. The first-order valence-corrected chi connectivity index (χ1v) is 11.0. The summed E-state index contributed by atoms with van der Waals surface area (Å²) in [5.74, 6) is -1.44. The Hall–Kier alpha value is -3.22. The van der Waals surface area contributed by atoms with E-state index in [1.54, 1.807) is 23.7 Å². The van der Waals surface area contributed by atoms with E-state index in [4.69, 9.17) is 11.6 Å². The SMILES string of the molecule is O=C(NC1(C(=O)O)Cc2ccc(-c3ccc(Cl)cc3)cc2C1)c1ccc2ncsc2c1.